The van der Waals surface area contributed by atoms with Gasteiger partial charge in [-0.15, -0.1) is 0 Å². The van der Waals surface area contributed by atoms with Gasteiger partial charge in [0.15, 0.2) is 0 Å². The Hall–Kier alpha value is -1.69. The summed E-state index contributed by atoms with van der Waals surface area (Å²) < 4.78 is 0. The second kappa shape index (κ2) is 9.57. The van der Waals surface area contributed by atoms with E-state index < -0.39 is 5.97 Å². The average molecular weight is 350 g/mol. The molecule has 5 nitrogen and oxygen atoms in total. The maximum Gasteiger partial charge on any atom is 0.317 e. The summed E-state index contributed by atoms with van der Waals surface area (Å²) in [5.41, 5.74) is 1.11. The number of likely N-dealkylation sites (tertiary alicyclic amines) is 1. The number of hydrogen-bond donors (Lipinski definition) is 2. The Bertz CT molecular complexity index is 538. The number of carbonyl (C=O) groups excluding carboxylic acids is 1. The summed E-state index contributed by atoms with van der Waals surface area (Å²) in [6.07, 6.45) is 5.30. The summed E-state index contributed by atoms with van der Waals surface area (Å²) in [6, 6.07) is 9.95. The number of carboxylic acid groups (broad SMARTS) is 1. The minimum Gasteiger partial charge on any atom is -0.481 e. The lowest BCUT2D eigenvalue weighted by atomic mass is 10.0. The van der Waals surface area contributed by atoms with Gasteiger partial charge in [0.25, 0.3) is 0 Å². The molecule has 1 aliphatic heterocycles. The second-order valence-electron chi connectivity index (χ2n) is 6.21. The predicted molar refractivity (Wildman–Crippen MR) is 97.4 cm³/mol. The molecule has 1 aromatic carbocycles. The molecule has 0 aliphatic carbocycles. The Morgan fingerprint density at radius 2 is 2.12 bits per heavy atom. The van der Waals surface area contributed by atoms with Gasteiger partial charge in [-0.05, 0) is 37.5 Å². The number of thioether (sulfide) groups is 1. The minimum absolute atomic E-state index is 0.0575. The first-order valence-electron chi connectivity index (χ1n) is 8.42. The van der Waals surface area contributed by atoms with Gasteiger partial charge in [-0.25, -0.2) is 4.79 Å². The smallest absolute Gasteiger partial charge is 0.317 e. The quantitative estimate of drug-likeness (QED) is 0.756. The number of carbonyl (C=O) groups is 2. The largest absolute Gasteiger partial charge is 0.481 e. The molecule has 2 amide bonds. The van der Waals surface area contributed by atoms with E-state index >= 15 is 0 Å². The summed E-state index contributed by atoms with van der Waals surface area (Å²) in [4.78, 5) is 25.5. The van der Waals surface area contributed by atoms with Crippen LogP contribution in [0.3, 0.4) is 0 Å². The number of hydrogen-bond acceptors (Lipinski definition) is 3. The van der Waals surface area contributed by atoms with Gasteiger partial charge in [-0.3, -0.25) is 4.79 Å². The fraction of sp³-hybridized carbons (Fsp3) is 0.556. The van der Waals surface area contributed by atoms with Crippen LogP contribution in [0, 0.1) is 0 Å². The Balaban J connectivity index is 1.98. The van der Waals surface area contributed by atoms with Crippen molar-refractivity contribution in [1.29, 1.82) is 0 Å². The third-order valence-corrected chi connectivity index (χ3v) is 5.07. The van der Waals surface area contributed by atoms with E-state index in [2.05, 4.69) is 11.6 Å². The number of amides is 2. The van der Waals surface area contributed by atoms with Crippen molar-refractivity contribution >= 4 is 23.8 Å². The highest BCUT2D eigenvalue weighted by Gasteiger charge is 2.29. The van der Waals surface area contributed by atoms with Gasteiger partial charge in [0.05, 0.1) is 0 Å². The lowest BCUT2D eigenvalue weighted by molar-refractivity contribution is -0.137. The zero-order chi connectivity index (χ0) is 17.4. The van der Waals surface area contributed by atoms with Gasteiger partial charge in [0.2, 0.25) is 0 Å². The van der Waals surface area contributed by atoms with Crippen LogP contribution < -0.4 is 5.32 Å². The Morgan fingerprint density at radius 1 is 1.38 bits per heavy atom. The van der Waals surface area contributed by atoms with Crippen LogP contribution in [-0.2, 0) is 11.2 Å². The van der Waals surface area contributed by atoms with E-state index in [1.165, 1.54) is 0 Å². The van der Waals surface area contributed by atoms with Crippen LogP contribution in [-0.4, -0.2) is 52.6 Å². The maximum absolute atomic E-state index is 12.6. The van der Waals surface area contributed by atoms with Gasteiger partial charge in [-0.2, -0.15) is 11.8 Å². The maximum atomic E-state index is 12.6. The molecule has 6 heteroatoms. The monoisotopic (exact) mass is 350 g/mol. The van der Waals surface area contributed by atoms with Crippen LogP contribution in [0.5, 0.6) is 0 Å². The molecule has 0 aromatic heterocycles. The number of carboxylic acids is 1. The molecular weight excluding hydrogens is 324 g/mol. The number of rotatable bonds is 8. The Kier molecular flexibility index (Phi) is 7.43. The third kappa shape index (κ3) is 5.74. The molecule has 1 aromatic rings. The SMILES string of the molecule is CSCC1CCCN1C(=O)NC(CCC(=O)O)Cc1ccccc1. The minimum atomic E-state index is -0.830. The molecule has 2 atom stereocenters. The molecule has 0 saturated carbocycles. The average Bonchev–Trinajstić information content (AvgIpc) is 3.02. The van der Waals surface area contributed by atoms with Crippen LogP contribution in [0.2, 0.25) is 0 Å². The van der Waals surface area contributed by atoms with Crippen LogP contribution in [0.4, 0.5) is 4.79 Å². The van der Waals surface area contributed by atoms with Gasteiger partial charge in [0, 0.05) is 30.8 Å². The molecule has 0 bridgehead atoms. The highest BCUT2D eigenvalue weighted by molar-refractivity contribution is 7.98. The van der Waals surface area contributed by atoms with Gasteiger partial charge < -0.3 is 15.3 Å². The highest BCUT2D eigenvalue weighted by Crippen LogP contribution is 2.20. The van der Waals surface area contributed by atoms with E-state index in [0.29, 0.717) is 12.8 Å². The van der Waals surface area contributed by atoms with E-state index in [0.717, 1.165) is 30.7 Å². The number of nitrogens with one attached hydrogen (secondary N) is 1. The zero-order valence-electron chi connectivity index (χ0n) is 14.1. The second-order valence-corrected chi connectivity index (χ2v) is 7.12. The molecule has 0 radical (unpaired) electrons. The summed E-state index contributed by atoms with van der Waals surface area (Å²) in [6.45, 7) is 0.786. The molecule has 2 unspecified atom stereocenters. The van der Waals surface area contributed by atoms with Gasteiger partial charge in [-0.1, -0.05) is 30.3 Å². The first-order chi connectivity index (χ1) is 11.6. The van der Waals surface area contributed by atoms with Crippen molar-refractivity contribution in [2.75, 3.05) is 18.6 Å². The van der Waals surface area contributed by atoms with Crippen molar-refractivity contribution in [2.24, 2.45) is 0 Å². The molecule has 1 heterocycles. The molecule has 2 rings (SSSR count). The third-order valence-electron chi connectivity index (χ3n) is 4.36. The van der Waals surface area contributed by atoms with E-state index in [1.54, 1.807) is 11.8 Å². The first kappa shape index (κ1) is 18.6. The highest BCUT2D eigenvalue weighted by atomic mass is 32.2. The number of benzene rings is 1. The van der Waals surface area contributed by atoms with Crippen molar-refractivity contribution in [2.45, 2.75) is 44.2 Å². The zero-order valence-corrected chi connectivity index (χ0v) is 14.9. The molecule has 1 aliphatic rings. The Labute approximate surface area is 147 Å². The standard InChI is InChI=1S/C18H26N2O3S/c1-24-13-16-8-5-11-20(16)18(23)19-15(9-10-17(21)22)12-14-6-3-2-4-7-14/h2-4,6-7,15-16H,5,8-13H2,1H3,(H,19,23)(H,21,22). The predicted octanol–water partition coefficient (Wildman–Crippen LogP) is 3.00. The molecule has 2 N–H and O–H groups in total. The molecule has 0 spiro atoms. The van der Waals surface area contributed by atoms with Crippen molar-refractivity contribution < 1.29 is 14.7 Å². The van der Waals surface area contributed by atoms with Gasteiger partial charge in [0.1, 0.15) is 0 Å². The molecule has 1 fully saturated rings. The summed E-state index contributed by atoms with van der Waals surface area (Å²) in [5, 5.41) is 12.0. The molecule has 132 valence electrons. The fourth-order valence-corrected chi connectivity index (χ4v) is 3.88. The van der Waals surface area contributed by atoms with Crippen molar-refractivity contribution in [3.8, 4) is 0 Å². The van der Waals surface area contributed by atoms with Crippen LogP contribution in [0.1, 0.15) is 31.2 Å². The van der Waals surface area contributed by atoms with Crippen molar-refractivity contribution in [3.05, 3.63) is 35.9 Å². The van der Waals surface area contributed by atoms with Crippen LogP contribution in [0.25, 0.3) is 0 Å². The lowest BCUT2D eigenvalue weighted by Crippen LogP contribution is -2.48. The van der Waals surface area contributed by atoms with Crippen molar-refractivity contribution in [1.82, 2.24) is 10.2 Å². The first-order valence-corrected chi connectivity index (χ1v) is 9.81. The van der Waals surface area contributed by atoms with E-state index in [4.69, 9.17) is 5.11 Å². The number of aliphatic carboxylic acids is 1. The molecular formula is C18H26N2O3S. The number of urea groups is 1. The van der Waals surface area contributed by atoms with Crippen molar-refractivity contribution in [3.63, 3.8) is 0 Å². The van der Waals surface area contributed by atoms with E-state index in [9.17, 15) is 9.59 Å². The summed E-state index contributed by atoms with van der Waals surface area (Å²) in [5.74, 6) is 0.120. The molecule has 1 saturated heterocycles. The fourth-order valence-electron chi connectivity index (χ4n) is 3.15. The van der Waals surface area contributed by atoms with Gasteiger partial charge >= 0.3 is 12.0 Å². The topological polar surface area (TPSA) is 69.6 Å². The van der Waals surface area contributed by atoms with E-state index in [-0.39, 0.29) is 24.5 Å². The van der Waals surface area contributed by atoms with E-state index in [1.807, 2.05) is 35.2 Å². The number of nitrogens with zero attached hydrogens (tertiary/aromatic N) is 1. The molecule has 24 heavy (non-hydrogen) atoms. The van der Waals surface area contributed by atoms with Crippen LogP contribution >= 0.6 is 11.8 Å². The van der Waals surface area contributed by atoms with Crippen LogP contribution in [0.15, 0.2) is 30.3 Å². The normalized spacial score (nSPS) is 18.4. The summed E-state index contributed by atoms with van der Waals surface area (Å²) in [7, 11) is 0. The lowest BCUT2D eigenvalue weighted by Gasteiger charge is -2.27. The Morgan fingerprint density at radius 3 is 2.79 bits per heavy atom. The summed E-state index contributed by atoms with van der Waals surface area (Å²) >= 11 is 1.76.